The number of rotatable bonds is 3. The number of aromatic hydroxyl groups is 1. The van der Waals surface area contributed by atoms with Crippen molar-refractivity contribution in [3.8, 4) is 5.75 Å². The van der Waals surface area contributed by atoms with E-state index in [1.54, 1.807) is 30.5 Å². The first kappa shape index (κ1) is 13.5. The molecule has 4 N–H and O–H groups in total. The van der Waals surface area contributed by atoms with E-state index in [9.17, 15) is 9.90 Å². The third kappa shape index (κ3) is 2.91. The summed E-state index contributed by atoms with van der Waals surface area (Å²) in [5.41, 5.74) is 7.08. The fourth-order valence-corrected chi connectivity index (χ4v) is 2.31. The van der Waals surface area contributed by atoms with Gasteiger partial charge in [0.2, 0.25) is 0 Å². The normalized spacial score (nSPS) is 12.2. The van der Waals surface area contributed by atoms with Crippen LogP contribution in [0.1, 0.15) is 34.0 Å². The number of phenolic OH excluding ortho intramolecular Hbond substituents is 1. The van der Waals surface area contributed by atoms with Crippen LogP contribution < -0.4 is 11.1 Å². The van der Waals surface area contributed by atoms with Gasteiger partial charge in [0.05, 0.1) is 11.7 Å². The minimum Gasteiger partial charge on any atom is -0.505 e. The quantitative estimate of drug-likeness (QED) is 0.752. The molecular weight excluding hydrogens is 262 g/mol. The summed E-state index contributed by atoms with van der Waals surface area (Å²) in [6, 6.07) is 4.97. The Bertz CT molecular complexity index is 608. The van der Waals surface area contributed by atoms with Crippen LogP contribution in [0.3, 0.4) is 0 Å². The van der Waals surface area contributed by atoms with E-state index in [-0.39, 0.29) is 17.7 Å². The molecular formula is C13H15N3O2S. The topological polar surface area (TPSA) is 88.2 Å². The third-order valence-corrected chi connectivity index (χ3v) is 3.68. The average Bonchev–Trinajstić information content (AvgIpc) is 2.84. The summed E-state index contributed by atoms with van der Waals surface area (Å²) in [5, 5.41) is 14.8. The summed E-state index contributed by atoms with van der Waals surface area (Å²) in [6.45, 7) is 3.58. The Balaban J connectivity index is 2.18. The van der Waals surface area contributed by atoms with E-state index < -0.39 is 0 Å². The first-order valence-corrected chi connectivity index (χ1v) is 6.68. The van der Waals surface area contributed by atoms with Crippen molar-refractivity contribution in [3.05, 3.63) is 39.8 Å². The lowest BCUT2D eigenvalue weighted by molar-refractivity contribution is 0.102. The van der Waals surface area contributed by atoms with Crippen LogP contribution in [0.15, 0.2) is 23.6 Å². The molecule has 1 unspecified atom stereocenters. The molecule has 0 saturated heterocycles. The molecule has 1 amide bonds. The van der Waals surface area contributed by atoms with Crippen molar-refractivity contribution in [1.29, 1.82) is 0 Å². The third-order valence-electron chi connectivity index (χ3n) is 2.63. The van der Waals surface area contributed by atoms with Gasteiger partial charge in [-0.3, -0.25) is 4.79 Å². The molecule has 1 aromatic heterocycles. The van der Waals surface area contributed by atoms with Crippen molar-refractivity contribution < 1.29 is 9.90 Å². The number of anilines is 1. The highest BCUT2D eigenvalue weighted by Gasteiger charge is 2.14. The maximum absolute atomic E-state index is 12.0. The SMILES string of the molecule is Cc1cccc(NC(=O)c2csc(C(C)N)n2)c1O. The van der Waals surface area contributed by atoms with Gasteiger partial charge in [-0.1, -0.05) is 12.1 Å². The lowest BCUT2D eigenvalue weighted by Crippen LogP contribution is -2.13. The van der Waals surface area contributed by atoms with Crippen molar-refractivity contribution >= 4 is 22.9 Å². The first-order valence-electron chi connectivity index (χ1n) is 5.80. The van der Waals surface area contributed by atoms with Crippen molar-refractivity contribution in [1.82, 2.24) is 4.98 Å². The molecule has 0 bridgehead atoms. The molecule has 0 spiro atoms. The number of hydrogen-bond donors (Lipinski definition) is 3. The maximum atomic E-state index is 12.0. The van der Waals surface area contributed by atoms with E-state index in [4.69, 9.17) is 5.73 Å². The summed E-state index contributed by atoms with van der Waals surface area (Å²) in [4.78, 5) is 16.2. The number of carbonyl (C=O) groups excluding carboxylic acids is 1. The van der Waals surface area contributed by atoms with Crippen LogP contribution in [0.2, 0.25) is 0 Å². The second-order valence-electron chi connectivity index (χ2n) is 4.28. The molecule has 5 nitrogen and oxygen atoms in total. The molecule has 2 rings (SSSR count). The smallest absolute Gasteiger partial charge is 0.275 e. The van der Waals surface area contributed by atoms with E-state index >= 15 is 0 Å². The van der Waals surface area contributed by atoms with E-state index in [1.165, 1.54) is 11.3 Å². The number of amides is 1. The maximum Gasteiger partial charge on any atom is 0.275 e. The molecule has 2 aromatic rings. The number of thiazole rings is 1. The Kier molecular flexibility index (Phi) is 3.82. The number of hydrogen-bond acceptors (Lipinski definition) is 5. The molecule has 0 aliphatic carbocycles. The van der Waals surface area contributed by atoms with Crippen molar-refractivity contribution in [3.63, 3.8) is 0 Å². The number of benzene rings is 1. The fourth-order valence-electron chi connectivity index (χ4n) is 1.55. The summed E-state index contributed by atoms with van der Waals surface area (Å²) in [6.07, 6.45) is 0. The second kappa shape index (κ2) is 5.38. The van der Waals surface area contributed by atoms with E-state index in [2.05, 4.69) is 10.3 Å². The summed E-state index contributed by atoms with van der Waals surface area (Å²) < 4.78 is 0. The van der Waals surface area contributed by atoms with Gasteiger partial charge in [-0.25, -0.2) is 4.98 Å². The summed E-state index contributed by atoms with van der Waals surface area (Å²) in [7, 11) is 0. The Morgan fingerprint density at radius 1 is 1.53 bits per heavy atom. The molecule has 0 aliphatic heterocycles. The summed E-state index contributed by atoms with van der Waals surface area (Å²) in [5.74, 6) is -0.289. The monoisotopic (exact) mass is 277 g/mol. The predicted molar refractivity (Wildman–Crippen MR) is 75.5 cm³/mol. The first-order chi connectivity index (χ1) is 8.99. The van der Waals surface area contributed by atoms with Crippen LogP contribution >= 0.6 is 11.3 Å². The van der Waals surface area contributed by atoms with Crippen LogP contribution in [-0.2, 0) is 0 Å². The Labute approximate surface area is 115 Å². The lowest BCUT2D eigenvalue weighted by Gasteiger charge is -2.07. The molecule has 1 aromatic carbocycles. The van der Waals surface area contributed by atoms with Crippen molar-refractivity contribution in [2.24, 2.45) is 5.73 Å². The number of nitrogens with two attached hydrogens (primary N) is 1. The zero-order valence-corrected chi connectivity index (χ0v) is 11.5. The minimum atomic E-state index is -0.357. The van der Waals surface area contributed by atoms with Gasteiger partial charge >= 0.3 is 0 Å². The lowest BCUT2D eigenvalue weighted by atomic mass is 10.2. The van der Waals surface area contributed by atoms with Crippen molar-refractivity contribution in [2.45, 2.75) is 19.9 Å². The zero-order chi connectivity index (χ0) is 14.0. The summed E-state index contributed by atoms with van der Waals surface area (Å²) >= 11 is 1.34. The number of para-hydroxylation sites is 1. The van der Waals surface area contributed by atoms with Crippen LogP contribution in [0.4, 0.5) is 5.69 Å². The Hall–Kier alpha value is -1.92. The van der Waals surface area contributed by atoms with Gasteiger partial charge in [-0.05, 0) is 25.5 Å². The molecule has 1 heterocycles. The Morgan fingerprint density at radius 3 is 2.89 bits per heavy atom. The fraction of sp³-hybridized carbons (Fsp3) is 0.231. The number of nitrogens with one attached hydrogen (secondary N) is 1. The van der Waals surface area contributed by atoms with Gasteiger partial charge in [0.25, 0.3) is 5.91 Å². The highest BCUT2D eigenvalue weighted by molar-refractivity contribution is 7.09. The standard InChI is InChI=1S/C13H15N3O2S/c1-7-4-3-5-9(11(7)17)15-12(18)10-6-19-13(16-10)8(2)14/h3-6,8,17H,14H2,1-2H3,(H,15,18). The highest BCUT2D eigenvalue weighted by Crippen LogP contribution is 2.27. The van der Waals surface area contributed by atoms with Gasteiger partial charge in [0, 0.05) is 5.38 Å². The number of phenols is 1. The van der Waals surface area contributed by atoms with Gasteiger partial charge in [0.15, 0.2) is 0 Å². The predicted octanol–water partition coefficient (Wildman–Crippen LogP) is 2.43. The van der Waals surface area contributed by atoms with Crippen LogP contribution in [0.25, 0.3) is 0 Å². The molecule has 6 heteroatoms. The van der Waals surface area contributed by atoms with Gasteiger partial charge < -0.3 is 16.2 Å². The molecule has 1 atom stereocenters. The molecule has 0 aliphatic rings. The van der Waals surface area contributed by atoms with Gasteiger partial charge in [-0.2, -0.15) is 0 Å². The minimum absolute atomic E-state index is 0.0681. The number of aryl methyl sites for hydroxylation is 1. The van der Waals surface area contributed by atoms with Gasteiger partial charge in [0.1, 0.15) is 16.5 Å². The number of carbonyl (C=O) groups is 1. The second-order valence-corrected chi connectivity index (χ2v) is 5.17. The molecule has 100 valence electrons. The molecule has 19 heavy (non-hydrogen) atoms. The number of aromatic nitrogens is 1. The van der Waals surface area contributed by atoms with Crippen LogP contribution in [-0.4, -0.2) is 16.0 Å². The highest BCUT2D eigenvalue weighted by atomic mass is 32.1. The van der Waals surface area contributed by atoms with E-state index in [0.29, 0.717) is 22.0 Å². The van der Waals surface area contributed by atoms with E-state index in [1.807, 2.05) is 6.92 Å². The molecule has 0 saturated carbocycles. The van der Waals surface area contributed by atoms with Gasteiger partial charge in [-0.15, -0.1) is 11.3 Å². The Morgan fingerprint density at radius 2 is 2.26 bits per heavy atom. The van der Waals surface area contributed by atoms with Crippen molar-refractivity contribution in [2.75, 3.05) is 5.32 Å². The number of nitrogens with zero attached hydrogens (tertiary/aromatic N) is 1. The van der Waals surface area contributed by atoms with Crippen LogP contribution in [0, 0.1) is 6.92 Å². The molecule has 0 fully saturated rings. The largest absolute Gasteiger partial charge is 0.505 e. The van der Waals surface area contributed by atoms with E-state index in [0.717, 1.165) is 0 Å². The van der Waals surface area contributed by atoms with Crippen LogP contribution in [0.5, 0.6) is 5.75 Å². The molecule has 0 radical (unpaired) electrons. The zero-order valence-electron chi connectivity index (χ0n) is 10.7. The average molecular weight is 277 g/mol.